The molecule has 2 aromatic rings. The Labute approximate surface area is 160 Å². The van der Waals surface area contributed by atoms with Crippen molar-refractivity contribution < 1.29 is 9.59 Å². The maximum Gasteiger partial charge on any atom is 0.228 e. The second kappa shape index (κ2) is 7.51. The van der Waals surface area contributed by atoms with E-state index in [-0.39, 0.29) is 23.8 Å². The molecule has 0 unspecified atom stereocenters. The molecule has 2 atom stereocenters. The molecule has 5 heteroatoms. The lowest BCUT2D eigenvalue weighted by molar-refractivity contribution is -0.140. The number of benzene rings is 1. The number of aryl methyl sites for hydroxylation is 1. The van der Waals surface area contributed by atoms with E-state index in [1.54, 1.807) is 6.20 Å². The summed E-state index contributed by atoms with van der Waals surface area (Å²) in [6, 6.07) is 13.9. The molecule has 0 radical (unpaired) electrons. The van der Waals surface area contributed by atoms with Crippen LogP contribution in [0, 0.1) is 12.8 Å². The first-order valence-electron chi connectivity index (χ1n) is 9.64. The molecule has 4 heterocycles. The van der Waals surface area contributed by atoms with Crippen molar-refractivity contribution >= 4 is 11.8 Å². The third kappa shape index (κ3) is 3.87. The summed E-state index contributed by atoms with van der Waals surface area (Å²) in [4.78, 5) is 34.1. The van der Waals surface area contributed by atoms with E-state index in [0.717, 1.165) is 29.7 Å². The number of pyridine rings is 1. The standard InChI is InChI=1S/C22H25N3O2/c1-16-5-4-6-17(11-16)12-21(26)24-13-18-8-9-20(15-24)25(22(18)27)14-19-7-2-3-10-23-19/h2-7,10-11,18,20H,8-9,12-15H2,1H3/t18-,20+/m1/s1. The first kappa shape index (κ1) is 17.7. The Morgan fingerprint density at radius 2 is 2.04 bits per heavy atom. The molecule has 1 aromatic heterocycles. The molecule has 0 spiro atoms. The van der Waals surface area contributed by atoms with E-state index in [0.29, 0.717) is 26.1 Å². The van der Waals surface area contributed by atoms with E-state index in [2.05, 4.69) is 11.1 Å². The van der Waals surface area contributed by atoms with E-state index in [1.165, 1.54) is 0 Å². The van der Waals surface area contributed by atoms with Gasteiger partial charge in [0.15, 0.2) is 0 Å². The molecule has 5 rings (SSSR count). The molecule has 3 aliphatic heterocycles. The summed E-state index contributed by atoms with van der Waals surface area (Å²) >= 11 is 0. The molecule has 27 heavy (non-hydrogen) atoms. The molecule has 3 fully saturated rings. The van der Waals surface area contributed by atoms with Crippen molar-refractivity contribution in [2.24, 2.45) is 5.92 Å². The number of piperidine rings is 1. The summed E-state index contributed by atoms with van der Waals surface area (Å²) in [6.45, 7) is 3.73. The van der Waals surface area contributed by atoms with Gasteiger partial charge >= 0.3 is 0 Å². The second-order valence-corrected chi connectivity index (χ2v) is 7.68. The molecule has 2 bridgehead atoms. The van der Waals surface area contributed by atoms with Gasteiger partial charge in [0.1, 0.15) is 0 Å². The number of nitrogens with zero attached hydrogens (tertiary/aromatic N) is 3. The summed E-state index contributed by atoms with van der Waals surface area (Å²) in [7, 11) is 0. The van der Waals surface area contributed by atoms with E-state index >= 15 is 0 Å². The van der Waals surface area contributed by atoms with Crippen molar-refractivity contribution in [3.8, 4) is 0 Å². The van der Waals surface area contributed by atoms with Crippen LogP contribution in [0.3, 0.4) is 0 Å². The minimum absolute atomic E-state index is 0.0831. The Morgan fingerprint density at radius 3 is 2.81 bits per heavy atom. The number of carbonyl (C=O) groups excluding carboxylic acids is 2. The summed E-state index contributed by atoms with van der Waals surface area (Å²) in [5.41, 5.74) is 3.09. The Hall–Kier alpha value is -2.69. The Bertz CT molecular complexity index is 836. The zero-order valence-corrected chi connectivity index (χ0v) is 15.7. The SMILES string of the molecule is Cc1cccc(CC(=O)N2C[C@H]3CC[C@@H](C2)N(Cc2ccccn2)C3=O)c1. The number of amides is 2. The van der Waals surface area contributed by atoms with Gasteiger partial charge in [-0.15, -0.1) is 0 Å². The minimum Gasteiger partial charge on any atom is -0.340 e. The van der Waals surface area contributed by atoms with E-state index in [4.69, 9.17) is 0 Å². The maximum atomic E-state index is 12.9. The summed E-state index contributed by atoms with van der Waals surface area (Å²) < 4.78 is 0. The molecular weight excluding hydrogens is 338 g/mol. The lowest BCUT2D eigenvalue weighted by atomic mass is 9.94. The van der Waals surface area contributed by atoms with Gasteiger partial charge in [0.25, 0.3) is 0 Å². The molecule has 5 nitrogen and oxygen atoms in total. The van der Waals surface area contributed by atoms with Crippen LogP contribution in [-0.2, 0) is 22.6 Å². The fourth-order valence-electron chi connectivity index (χ4n) is 4.23. The number of hydrogen-bond donors (Lipinski definition) is 0. The van der Waals surface area contributed by atoms with Crippen LogP contribution in [0.2, 0.25) is 0 Å². The summed E-state index contributed by atoms with van der Waals surface area (Å²) in [5, 5.41) is 0. The van der Waals surface area contributed by atoms with Crippen molar-refractivity contribution in [1.82, 2.24) is 14.8 Å². The molecule has 3 saturated heterocycles. The highest BCUT2D eigenvalue weighted by molar-refractivity contribution is 5.84. The van der Waals surface area contributed by atoms with Gasteiger partial charge < -0.3 is 9.80 Å². The second-order valence-electron chi connectivity index (χ2n) is 7.68. The van der Waals surface area contributed by atoms with E-state index in [9.17, 15) is 9.59 Å². The lowest BCUT2D eigenvalue weighted by Gasteiger charge is -2.35. The Balaban J connectivity index is 1.48. The molecule has 1 aromatic carbocycles. The normalized spacial score (nSPS) is 22.0. The molecule has 0 saturated carbocycles. The third-order valence-electron chi connectivity index (χ3n) is 5.64. The van der Waals surface area contributed by atoms with Gasteiger partial charge in [-0.1, -0.05) is 35.9 Å². The van der Waals surface area contributed by atoms with Crippen molar-refractivity contribution in [3.63, 3.8) is 0 Å². The highest BCUT2D eigenvalue weighted by Crippen LogP contribution is 2.30. The van der Waals surface area contributed by atoms with Crippen LogP contribution in [-0.4, -0.2) is 45.7 Å². The highest BCUT2D eigenvalue weighted by atomic mass is 16.2. The van der Waals surface area contributed by atoms with E-state index in [1.807, 2.05) is 53.1 Å². The predicted molar refractivity (Wildman–Crippen MR) is 103 cm³/mol. The lowest BCUT2D eigenvalue weighted by Crippen LogP contribution is -2.47. The van der Waals surface area contributed by atoms with Crippen LogP contribution in [0.5, 0.6) is 0 Å². The van der Waals surface area contributed by atoms with Crippen LogP contribution in [0.25, 0.3) is 0 Å². The number of rotatable bonds is 4. The van der Waals surface area contributed by atoms with Crippen LogP contribution in [0.1, 0.15) is 29.7 Å². The first-order valence-corrected chi connectivity index (χ1v) is 9.64. The van der Waals surface area contributed by atoms with Gasteiger partial charge in [-0.2, -0.15) is 0 Å². The average molecular weight is 363 g/mol. The topological polar surface area (TPSA) is 53.5 Å². The van der Waals surface area contributed by atoms with Crippen molar-refractivity contribution in [1.29, 1.82) is 0 Å². The first-order chi connectivity index (χ1) is 13.1. The molecular formula is C22H25N3O2. The molecule has 2 amide bonds. The zero-order chi connectivity index (χ0) is 18.8. The Morgan fingerprint density at radius 1 is 1.15 bits per heavy atom. The third-order valence-corrected chi connectivity index (χ3v) is 5.64. The maximum absolute atomic E-state index is 12.9. The van der Waals surface area contributed by atoms with Crippen LogP contribution in [0.15, 0.2) is 48.7 Å². The fraction of sp³-hybridized carbons (Fsp3) is 0.409. The smallest absolute Gasteiger partial charge is 0.228 e. The van der Waals surface area contributed by atoms with Gasteiger partial charge in [-0.3, -0.25) is 14.6 Å². The molecule has 140 valence electrons. The van der Waals surface area contributed by atoms with E-state index < -0.39 is 0 Å². The number of fused-ring (bicyclic) bond motifs is 4. The highest BCUT2D eigenvalue weighted by Gasteiger charge is 2.41. The van der Waals surface area contributed by atoms with Crippen molar-refractivity contribution in [2.75, 3.05) is 13.1 Å². The fourth-order valence-corrected chi connectivity index (χ4v) is 4.23. The van der Waals surface area contributed by atoms with Crippen LogP contribution >= 0.6 is 0 Å². The van der Waals surface area contributed by atoms with Gasteiger partial charge in [0, 0.05) is 25.3 Å². The largest absolute Gasteiger partial charge is 0.340 e. The quantitative estimate of drug-likeness (QED) is 0.839. The van der Waals surface area contributed by atoms with Gasteiger partial charge in [-0.25, -0.2) is 0 Å². The number of hydrogen-bond acceptors (Lipinski definition) is 3. The molecule has 0 aliphatic carbocycles. The number of carbonyl (C=O) groups is 2. The number of aromatic nitrogens is 1. The van der Waals surface area contributed by atoms with Crippen molar-refractivity contribution in [3.05, 3.63) is 65.5 Å². The monoisotopic (exact) mass is 363 g/mol. The Kier molecular flexibility index (Phi) is 4.92. The van der Waals surface area contributed by atoms with Crippen LogP contribution in [0.4, 0.5) is 0 Å². The zero-order valence-electron chi connectivity index (χ0n) is 15.7. The predicted octanol–water partition coefficient (Wildman–Crippen LogP) is 2.58. The summed E-state index contributed by atoms with van der Waals surface area (Å²) in [6.07, 6.45) is 3.98. The van der Waals surface area contributed by atoms with Gasteiger partial charge in [0.2, 0.25) is 11.8 Å². The summed E-state index contributed by atoms with van der Waals surface area (Å²) in [5.74, 6) is 0.196. The van der Waals surface area contributed by atoms with Crippen molar-refractivity contribution in [2.45, 2.75) is 38.8 Å². The molecule has 3 aliphatic rings. The van der Waals surface area contributed by atoms with Crippen LogP contribution < -0.4 is 0 Å². The van der Waals surface area contributed by atoms with Gasteiger partial charge in [0.05, 0.1) is 24.6 Å². The minimum atomic E-state index is -0.0890. The average Bonchev–Trinajstić information content (AvgIpc) is 2.95. The molecule has 0 N–H and O–H groups in total. The van der Waals surface area contributed by atoms with Gasteiger partial charge in [-0.05, 0) is 37.5 Å².